The Bertz CT molecular complexity index is 1330. The Labute approximate surface area is 252 Å². The van der Waals surface area contributed by atoms with Crippen LogP contribution in [0.15, 0.2) is 72.8 Å². The first-order valence-electron chi connectivity index (χ1n) is 13.5. The number of benzene rings is 4. The second kappa shape index (κ2) is 15.6. The van der Waals surface area contributed by atoms with Gasteiger partial charge in [0, 0.05) is 13.1 Å². The van der Waals surface area contributed by atoms with Crippen LogP contribution in [0.1, 0.15) is 24.0 Å². The van der Waals surface area contributed by atoms with E-state index in [0.29, 0.717) is 37.0 Å². The second-order valence-corrected chi connectivity index (χ2v) is 10.6. The molecule has 0 saturated heterocycles. The van der Waals surface area contributed by atoms with Gasteiger partial charge in [0.2, 0.25) is 11.8 Å². The van der Waals surface area contributed by atoms with Gasteiger partial charge in [-0.3, -0.25) is 9.59 Å². The smallest absolute Gasteiger partial charge is 0.230 e. The van der Waals surface area contributed by atoms with E-state index in [1.54, 1.807) is 0 Å². The Morgan fingerprint density at radius 3 is 1.50 bits per heavy atom. The first-order valence-corrected chi connectivity index (χ1v) is 15.8. The van der Waals surface area contributed by atoms with E-state index in [9.17, 15) is 9.59 Å². The maximum absolute atomic E-state index is 11.5. The lowest BCUT2D eigenvalue weighted by molar-refractivity contribution is -0.119. The summed E-state index contributed by atoms with van der Waals surface area (Å²) in [5.74, 6) is 1.68. The van der Waals surface area contributed by atoms with Crippen LogP contribution in [0, 0.1) is 0 Å². The zero-order valence-electron chi connectivity index (χ0n) is 22.4. The molecule has 4 rings (SSSR count). The molecule has 210 valence electrons. The lowest BCUT2D eigenvalue weighted by Crippen LogP contribution is -2.26. The molecule has 0 unspecified atom stereocenters. The molecule has 0 aromatic heterocycles. The Morgan fingerprint density at radius 1 is 0.625 bits per heavy atom. The number of rotatable bonds is 15. The number of hydrogen-bond donors (Lipinski definition) is 2. The minimum absolute atomic E-state index is 0.00806. The first kappa shape index (κ1) is 29.9. The molecular formula is C32H34Br2N2O4. The third kappa shape index (κ3) is 8.70. The predicted octanol–water partition coefficient (Wildman–Crippen LogP) is 6.34. The van der Waals surface area contributed by atoms with Gasteiger partial charge in [0.15, 0.2) is 0 Å². The molecule has 0 aliphatic heterocycles. The van der Waals surface area contributed by atoms with E-state index in [0.717, 1.165) is 58.7 Å². The molecule has 0 saturated carbocycles. The molecular weight excluding hydrogens is 636 g/mol. The van der Waals surface area contributed by atoms with Crippen LogP contribution in [0.2, 0.25) is 0 Å². The number of nitrogens with one attached hydrogen (secondary N) is 2. The van der Waals surface area contributed by atoms with Crippen molar-refractivity contribution in [1.29, 1.82) is 0 Å². The quantitative estimate of drug-likeness (QED) is 0.114. The highest BCUT2D eigenvalue weighted by atomic mass is 79.9. The predicted molar refractivity (Wildman–Crippen MR) is 169 cm³/mol. The van der Waals surface area contributed by atoms with Crippen LogP contribution < -0.4 is 20.1 Å². The van der Waals surface area contributed by atoms with Crippen LogP contribution >= 0.6 is 31.9 Å². The van der Waals surface area contributed by atoms with Gasteiger partial charge in [-0.2, -0.15) is 0 Å². The third-order valence-corrected chi connectivity index (χ3v) is 7.66. The SMILES string of the molecule is O=C(CBr)NCCc1cccc2ccc(OCCCCOc3ccc4cccc(CCNC(=O)CBr)c4c3)cc12. The number of alkyl halides is 2. The summed E-state index contributed by atoms with van der Waals surface area (Å²) in [6.07, 6.45) is 3.29. The fourth-order valence-corrected chi connectivity index (χ4v) is 5.00. The van der Waals surface area contributed by atoms with Gasteiger partial charge in [0.05, 0.1) is 23.9 Å². The minimum Gasteiger partial charge on any atom is -0.494 e. The number of halogens is 2. The Hall–Kier alpha value is -3.10. The number of hydrogen-bond acceptors (Lipinski definition) is 4. The van der Waals surface area contributed by atoms with E-state index in [1.165, 1.54) is 11.1 Å². The Morgan fingerprint density at radius 2 is 1.07 bits per heavy atom. The molecule has 0 bridgehead atoms. The van der Waals surface area contributed by atoms with Crippen LogP contribution in [0.5, 0.6) is 11.5 Å². The highest BCUT2D eigenvalue weighted by molar-refractivity contribution is 9.09. The number of carbonyl (C=O) groups excluding carboxylic acids is 2. The molecule has 0 radical (unpaired) electrons. The molecule has 0 heterocycles. The average molecular weight is 670 g/mol. The zero-order chi connectivity index (χ0) is 28.2. The van der Waals surface area contributed by atoms with Gasteiger partial charge < -0.3 is 20.1 Å². The molecule has 6 nitrogen and oxygen atoms in total. The van der Waals surface area contributed by atoms with Crippen molar-refractivity contribution < 1.29 is 19.1 Å². The van der Waals surface area contributed by atoms with E-state index >= 15 is 0 Å². The summed E-state index contributed by atoms with van der Waals surface area (Å²) in [5.41, 5.74) is 2.38. The molecule has 0 aliphatic carbocycles. The van der Waals surface area contributed by atoms with Crippen LogP contribution in [-0.4, -0.2) is 48.8 Å². The van der Waals surface area contributed by atoms with Gasteiger partial charge in [-0.1, -0.05) is 80.4 Å². The van der Waals surface area contributed by atoms with Crippen molar-refractivity contribution >= 4 is 65.2 Å². The third-order valence-electron chi connectivity index (χ3n) is 6.64. The van der Waals surface area contributed by atoms with Gasteiger partial charge in [0.25, 0.3) is 0 Å². The van der Waals surface area contributed by atoms with Crippen molar-refractivity contribution in [2.24, 2.45) is 0 Å². The highest BCUT2D eigenvalue weighted by Crippen LogP contribution is 2.26. The van der Waals surface area contributed by atoms with Crippen molar-refractivity contribution in [3.05, 3.63) is 83.9 Å². The fraction of sp³-hybridized carbons (Fsp3) is 0.312. The summed E-state index contributed by atoms with van der Waals surface area (Å²) in [5, 5.41) is 11.1. The van der Waals surface area contributed by atoms with Gasteiger partial charge in [0.1, 0.15) is 11.5 Å². The molecule has 4 aromatic carbocycles. The molecule has 4 aromatic rings. The van der Waals surface area contributed by atoms with E-state index in [-0.39, 0.29) is 11.8 Å². The van der Waals surface area contributed by atoms with Crippen molar-refractivity contribution in [2.45, 2.75) is 25.7 Å². The van der Waals surface area contributed by atoms with Gasteiger partial charge in [-0.25, -0.2) is 0 Å². The maximum Gasteiger partial charge on any atom is 0.230 e. The average Bonchev–Trinajstić information content (AvgIpc) is 2.98. The summed E-state index contributed by atoms with van der Waals surface area (Å²) in [6.45, 7) is 2.42. The van der Waals surface area contributed by atoms with Crippen molar-refractivity contribution in [1.82, 2.24) is 10.6 Å². The standard InChI is InChI=1S/C32H34Br2N2O4/c33-21-31(37)35-15-13-25-7-3-5-23-9-11-27(19-29(23)25)39-17-1-2-18-40-28-12-10-24-6-4-8-26(30(24)20-28)14-16-36-32(38)22-34/h3-12,19-20H,1-2,13-18,21-22H2,(H,35,37)(H,36,38). The molecule has 40 heavy (non-hydrogen) atoms. The number of fused-ring (bicyclic) bond motifs is 2. The van der Waals surface area contributed by atoms with E-state index in [4.69, 9.17) is 9.47 Å². The molecule has 0 fully saturated rings. The van der Waals surface area contributed by atoms with Crippen LogP contribution in [-0.2, 0) is 22.4 Å². The molecule has 2 N–H and O–H groups in total. The lowest BCUT2D eigenvalue weighted by Gasteiger charge is -2.12. The van der Waals surface area contributed by atoms with Crippen molar-refractivity contribution in [3.8, 4) is 11.5 Å². The number of ether oxygens (including phenoxy) is 2. The van der Waals surface area contributed by atoms with E-state index < -0.39 is 0 Å². The molecule has 0 atom stereocenters. The van der Waals surface area contributed by atoms with Crippen molar-refractivity contribution in [3.63, 3.8) is 0 Å². The molecule has 2 amide bonds. The molecule has 0 spiro atoms. The van der Waals surface area contributed by atoms with Crippen LogP contribution in [0.25, 0.3) is 21.5 Å². The highest BCUT2D eigenvalue weighted by Gasteiger charge is 2.07. The minimum atomic E-state index is -0.00806. The first-order chi connectivity index (χ1) is 19.6. The van der Waals surface area contributed by atoms with E-state index in [1.807, 2.05) is 24.3 Å². The normalized spacial score (nSPS) is 10.9. The summed E-state index contributed by atoms with van der Waals surface area (Å²) in [7, 11) is 0. The largest absolute Gasteiger partial charge is 0.494 e. The van der Waals surface area contributed by atoms with Crippen LogP contribution in [0.4, 0.5) is 0 Å². The summed E-state index contributed by atoms with van der Waals surface area (Å²) >= 11 is 6.36. The van der Waals surface area contributed by atoms with Crippen LogP contribution in [0.3, 0.4) is 0 Å². The lowest BCUT2D eigenvalue weighted by atomic mass is 10.0. The van der Waals surface area contributed by atoms with Gasteiger partial charge in [-0.05, 0) is 82.6 Å². The summed E-state index contributed by atoms with van der Waals surface area (Å²) in [4.78, 5) is 23.0. The Balaban J connectivity index is 1.24. The zero-order valence-corrected chi connectivity index (χ0v) is 25.6. The number of carbonyl (C=O) groups is 2. The second-order valence-electron chi connectivity index (χ2n) is 9.47. The van der Waals surface area contributed by atoms with Gasteiger partial charge in [-0.15, -0.1) is 0 Å². The molecule has 0 aliphatic rings. The summed E-state index contributed by atoms with van der Waals surface area (Å²) < 4.78 is 12.1. The van der Waals surface area contributed by atoms with Gasteiger partial charge >= 0.3 is 0 Å². The van der Waals surface area contributed by atoms with Crippen molar-refractivity contribution in [2.75, 3.05) is 37.0 Å². The topological polar surface area (TPSA) is 76.7 Å². The Kier molecular flexibility index (Phi) is 11.7. The maximum atomic E-state index is 11.5. The summed E-state index contributed by atoms with van der Waals surface area (Å²) in [6, 6.07) is 24.8. The van der Waals surface area contributed by atoms with E-state index in [2.05, 4.69) is 91.0 Å². The fourth-order valence-electron chi connectivity index (χ4n) is 4.60. The molecule has 8 heteroatoms. The monoisotopic (exact) mass is 668 g/mol. The number of amides is 2. The number of unbranched alkanes of at least 4 members (excludes halogenated alkanes) is 1.